The Bertz CT molecular complexity index is 681. The standard InChI is InChI=1S/C16H14OS/c1-11(17)7-8-13-12-5-3-2-4-6-14(12)16-15(13)9-10-18-16/h2-6,9-10H,7-8H2,1H3. The summed E-state index contributed by atoms with van der Waals surface area (Å²) < 4.78 is 1.35. The van der Waals surface area contributed by atoms with E-state index < -0.39 is 0 Å². The number of hydrogen-bond donors (Lipinski definition) is 0. The van der Waals surface area contributed by atoms with E-state index >= 15 is 0 Å². The van der Waals surface area contributed by atoms with Crippen molar-refractivity contribution in [2.24, 2.45) is 0 Å². The molecule has 18 heavy (non-hydrogen) atoms. The Kier molecular flexibility index (Phi) is 2.88. The molecule has 1 nitrogen and oxygen atoms in total. The van der Waals surface area contributed by atoms with Gasteiger partial charge in [0.15, 0.2) is 0 Å². The fourth-order valence-electron chi connectivity index (χ4n) is 2.48. The van der Waals surface area contributed by atoms with Gasteiger partial charge in [0.25, 0.3) is 0 Å². The topological polar surface area (TPSA) is 17.1 Å². The lowest BCUT2D eigenvalue weighted by Crippen LogP contribution is -1.93. The Morgan fingerprint density at radius 2 is 1.89 bits per heavy atom. The summed E-state index contributed by atoms with van der Waals surface area (Å²) in [5.74, 6) is 0.257. The molecule has 0 spiro atoms. The summed E-state index contributed by atoms with van der Waals surface area (Å²) in [6.07, 6.45) is 1.47. The Morgan fingerprint density at radius 3 is 2.67 bits per heavy atom. The molecule has 1 aromatic heterocycles. The third kappa shape index (κ3) is 1.83. The average molecular weight is 254 g/mol. The van der Waals surface area contributed by atoms with Gasteiger partial charge in [-0.1, -0.05) is 30.3 Å². The molecule has 0 aromatic carbocycles. The lowest BCUT2D eigenvalue weighted by Gasteiger charge is -2.00. The molecule has 2 heteroatoms. The molecule has 1 aromatic rings. The van der Waals surface area contributed by atoms with Gasteiger partial charge in [0.05, 0.1) is 0 Å². The van der Waals surface area contributed by atoms with Crippen LogP contribution in [0.2, 0.25) is 0 Å². The number of rotatable bonds is 3. The van der Waals surface area contributed by atoms with E-state index in [0.29, 0.717) is 6.42 Å². The third-order valence-electron chi connectivity index (χ3n) is 3.33. The molecule has 90 valence electrons. The first-order chi connectivity index (χ1) is 8.77. The van der Waals surface area contributed by atoms with Crippen LogP contribution in [0.3, 0.4) is 0 Å². The molecule has 0 amide bonds. The summed E-state index contributed by atoms with van der Waals surface area (Å²) in [6, 6.07) is 12.7. The molecule has 0 radical (unpaired) electrons. The Morgan fingerprint density at radius 1 is 1.11 bits per heavy atom. The first kappa shape index (κ1) is 11.4. The average Bonchev–Trinajstić information content (AvgIpc) is 2.81. The number of carbonyl (C=O) groups is 1. The van der Waals surface area contributed by atoms with Crippen molar-refractivity contribution in [2.45, 2.75) is 19.8 Å². The first-order valence-corrected chi connectivity index (χ1v) is 7.01. The minimum atomic E-state index is 0.257. The Balaban J connectivity index is 2.21. The van der Waals surface area contributed by atoms with E-state index in [9.17, 15) is 4.79 Å². The SMILES string of the molecule is CC(=O)CCc1c2cccccc-2c2sccc12. The van der Waals surface area contributed by atoms with Crippen molar-refractivity contribution in [3.05, 3.63) is 47.3 Å². The summed E-state index contributed by atoms with van der Waals surface area (Å²) in [7, 11) is 0. The number of hydrogen-bond acceptors (Lipinski definition) is 2. The van der Waals surface area contributed by atoms with E-state index in [-0.39, 0.29) is 5.78 Å². The van der Waals surface area contributed by atoms with E-state index in [0.717, 1.165) is 6.42 Å². The lowest BCUT2D eigenvalue weighted by atomic mass is 10.0. The number of aryl methyl sites for hydroxylation is 1. The summed E-state index contributed by atoms with van der Waals surface area (Å²) in [5.41, 5.74) is 3.93. The van der Waals surface area contributed by atoms with Crippen molar-refractivity contribution in [2.75, 3.05) is 0 Å². The van der Waals surface area contributed by atoms with Crippen LogP contribution < -0.4 is 0 Å². The highest BCUT2D eigenvalue weighted by Crippen LogP contribution is 2.41. The van der Waals surface area contributed by atoms with E-state index in [1.54, 1.807) is 18.3 Å². The van der Waals surface area contributed by atoms with Gasteiger partial charge in [-0.2, -0.15) is 0 Å². The van der Waals surface area contributed by atoms with Crippen LogP contribution in [0.4, 0.5) is 0 Å². The molecular weight excluding hydrogens is 240 g/mol. The highest BCUT2D eigenvalue weighted by Gasteiger charge is 2.17. The number of ketones is 1. The maximum absolute atomic E-state index is 11.2. The van der Waals surface area contributed by atoms with Crippen LogP contribution in [0.25, 0.3) is 21.2 Å². The molecule has 0 bridgehead atoms. The van der Waals surface area contributed by atoms with Gasteiger partial charge in [-0.05, 0) is 46.9 Å². The summed E-state index contributed by atoms with van der Waals surface area (Å²) in [4.78, 5) is 11.2. The predicted molar refractivity (Wildman–Crippen MR) is 77.4 cm³/mol. The van der Waals surface area contributed by atoms with Crippen LogP contribution in [-0.2, 0) is 11.2 Å². The molecule has 3 rings (SSSR count). The number of carbonyl (C=O) groups excluding carboxylic acids is 1. The smallest absolute Gasteiger partial charge is 0.130 e. The minimum absolute atomic E-state index is 0.257. The van der Waals surface area contributed by atoms with Crippen LogP contribution in [0.15, 0.2) is 41.8 Å². The van der Waals surface area contributed by atoms with Crippen molar-refractivity contribution >= 4 is 27.2 Å². The molecule has 2 aliphatic carbocycles. The van der Waals surface area contributed by atoms with Gasteiger partial charge >= 0.3 is 0 Å². The zero-order valence-electron chi connectivity index (χ0n) is 10.3. The number of thiophene rings is 1. The van der Waals surface area contributed by atoms with E-state index in [1.165, 1.54) is 26.8 Å². The second-order valence-corrected chi connectivity index (χ2v) is 5.50. The van der Waals surface area contributed by atoms with Crippen molar-refractivity contribution in [3.8, 4) is 11.1 Å². The van der Waals surface area contributed by atoms with Crippen molar-refractivity contribution in [3.63, 3.8) is 0 Å². The molecule has 0 saturated carbocycles. The van der Waals surface area contributed by atoms with Crippen LogP contribution in [0, 0.1) is 0 Å². The summed E-state index contributed by atoms with van der Waals surface area (Å²) >= 11 is 1.78. The van der Waals surface area contributed by atoms with Crippen molar-refractivity contribution in [1.29, 1.82) is 0 Å². The quantitative estimate of drug-likeness (QED) is 0.671. The highest BCUT2D eigenvalue weighted by atomic mass is 32.1. The molecule has 0 fully saturated rings. The predicted octanol–water partition coefficient (Wildman–Crippen LogP) is 4.53. The summed E-state index contributed by atoms with van der Waals surface area (Å²) in [6.45, 7) is 1.66. The molecular formula is C16H14OS. The van der Waals surface area contributed by atoms with E-state index in [4.69, 9.17) is 0 Å². The van der Waals surface area contributed by atoms with Gasteiger partial charge in [0.1, 0.15) is 5.78 Å². The van der Waals surface area contributed by atoms with Crippen molar-refractivity contribution in [1.82, 2.24) is 0 Å². The van der Waals surface area contributed by atoms with Gasteiger partial charge in [0, 0.05) is 11.1 Å². The molecule has 0 unspecified atom stereocenters. The normalized spacial score (nSPS) is 11.2. The molecule has 1 heterocycles. The van der Waals surface area contributed by atoms with Crippen LogP contribution in [0.1, 0.15) is 18.9 Å². The zero-order valence-corrected chi connectivity index (χ0v) is 11.1. The van der Waals surface area contributed by atoms with E-state index in [1.807, 2.05) is 6.07 Å². The van der Waals surface area contributed by atoms with Gasteiger partial charge in [-0.15, -0.1) is 11.3 Å². The van der Waals surface area contributed by atoms with Gasteiger partial charge in [-0.25, -0.2) is 0 Å². The summed E-state index contributed by atoms with van der Waals surface area (Å²) in [5, 5.41) is 3.46. The second-order valence-electron chi connectivity index (χ2n) is 4.58. The lowest BCUT2D eigenvalue weighted by molar-refractivity contribution is -0.116. The van der Waals surface area contributed by atoms with Gasteiger partial charge in [-0.3, -0.25) is 0 Å². The molecule has 2 aliphatic rings. The molecule has 0 N–H and O–H groups in total. The number of Topliss-reactive ketones (excluding diaryl/α,β-unsaturated/α-hetero) is 1. The minimum Gasteiger partial charge on any atom is -0.300 e. The highest BCUT2D eigenvalue weighted by molar-refractivity contribution is 7.18. The fraction of sp³-hybridized carbons (Fsp3) is 0.188. The second kappa shape index (κ2) is 4.54. The molecule has 0 saturated heterocycles. The Hall–Kier alpha value is -1.67. The molecule has 0 atom stereocenters. The molecule has 0 aliphatic heterocycles. The fourth-order valence-corrected chi connectivity index (χ4v) is 3.44. The largest absolute Gasteiger partial charge is 0.300 e. The maximum atomic E-state index is 11.2. The van der Waals surface area contributed by atoms with Crippen LogP contribution in [-0.4, -0.2) is 5.78 Å². The van der Waals surface area contributed by atoms with Gasteiger partial charge in [0.2, 0.25) is 0 Å². The maximum Gasteiger partial charge on any atom is 0.130 e. The van der Waals surface area contributed by atoms with Crippen molar-refractivity contribution < 1.29 is 4.79 Å². The monoisotopic (exact) mass is 254 g/mol. The van der Waals surface area contributed by atoms with Crippen LogP contribution >= 0.6 is 11.3 Å². The first-order valence-electron chi connectivity index (χ1n) is 6.13. The van der Waals surface area contributed by atoms with E-state index in [2.05, 4.69) is 35.7 Å². The van der Waals surface area contributed by atoms with Gasteiger partial charge < -0.3 is 4.79 Å². The third-order valence-corrected chi connectivity index (χ3v) is 4.27. The number of fused-ring (bicyclic) bond motifs is 3. The Labute approximate surface area is 110 Å². The zero-order chi connectivity index (χ0) is 12.5. The van der Waals surface area contributed by atoms with Crippen LogP contribution in [0.5, 0.6) is 0 Å².